The number of carbonyl (C=O) groups excluding carboxylic acids is 1. The van der Waals surface area contributed by atoms with Crippen molar-refractivity contribution in [1.82, 2.24) is 15.5 Å². The highest BCUT2D eigenvalue weighted by molar-refractivity contribution is 5.76. The van der Waals surface area contributed by atoms with Crippen molar-refractivity contribution in [2.45, 2.75) is 58.0 Å². The molecule has 1 aliphatic rings. The van der Waals surface area contributed by atoms with Crippen LogP contribution in [0.1, 0.15) is 46.0 Å². The van der Waals surface area contributed by atoms with Crippen molar-refractivity contribution in [3.05, 3.63) is 0 Å². The fraction of sp³-hybridized carbons (Fsp3) is 0.929. The second-order valence-electron chi connectivity index (χ2n) is 5.18. The summed E-state index contributed by atoms with van der Waals surface area (Å²) in [5.74, 6) is 0.217. The first-order valence-corrected chi connectivity index (χ1v) is 7.38. The molecule has 0 bridgehead atoms. The maximum Gasteiger partial charge on any atom is 0.221 e. The molecular formula is C14H29N3O. The first kappa shape index (κ1) is 15.4. The van der Waals surface area contributed by atoms with Crippen LogP contribution in [0.2, 0.25) is 0 Å². The summed E-state index contributed by atoms with van der Waals surface area (Å²) in [5.41, 5.74) is 0. The lowest BCUT2D eigenvalue weighted by atomic mass is 9.91. The zero-order valence-electron chi connectivity index (χ0n) is 12.2. The van der Waals surface area contributed by atoms with Gasteiger partial charge in [0.25, 0.3) is 0 Å². The highest BCUT2D eigenvalue weighted by atomic mass is 16.1. The Morgan fingerprint density at radius 1 is 1.11 bits per heavy atom. The SMILES string of the molecule is CCN(CC)CCC(=O)NC1CCC(NC)CC1. The summed E-state index contributed by atoms with van der Waals surface area (Å²) in [6, 6.07) is 1.05. The number of nitrogens with one attached hydrogen (secondary N) is 2. The molecule has 0 aromatic carbocycles. The van der Waals surface area contributed by atoms with Crippen LogP contribution in [0.3, 0.4) is 0 Å². The minimum atomic E-state index is 0.217. The topological polar surface area (TPSA) is 44.4 Å². The Kier molecular flexibility index (Phi) is 7.28. The van der Waals surface area contributed by atoms with Crippen LogP contribution in [0, 0.1) is 0 Å². The van der Waals surface area contributed by atoms with E-state index in [-0.39, 0.29) is 5.91 Å². The highest BCUT2D eigenvalue weighted by Gasteiger charge is 2.21. The van der Waals surface area contributed by atoms with E-state index in [2.05, 4.69) is 29.4 Å². The number of hydrogen-bond donors (Lipinski definition) is 2. The molecule has 0 aromatic heterocycles. The van der Waals surface area contributed by atoms with E-state index >= 15 is 0 Å². The largest absolute Gasteiger partial charge is 0.353 e. The van der Waals surface area contributed by atoms with Crippen LogP contribution in [0.4, 0.5) is 0 Å². The fourth-order valence-corrected chi connectivity index (χ4v) is 2.63. The predicted octanol–water partition coefficient (Wildman–Crippen LogP) is 1.37. The Balaban J connectivity index is 2.17. The number of nitrogens with zero attached hydrogens (tertiary/aromatic N) is 1. The van der Waals surface area contributed by atoms with E-state index in [1.165, 1.54) is 12.8 Å². The fourth-order valence-electron chi connectivity index (χ4n) is 2.63. The van der Waals surface area contributed by atoms with Gasteiger partial charge < -0.3 is 15.5 Å². The Bertz CT molecular complexity index is 233. The van der Waals surface area contributed by atoms with Crippen molar-refractivity contribution in [2.75, 3.05) is 26.7 Å². The Morgan fingerprint density at radius 3 is 2.17 bits per heavy atom. The minimum Gasteiger partial charge on any atom is -0.353 e. The van der Waals surface area contributed by atoms with Crippen molar-refractivity contribution in [3.63, 3.8) is 0 Å². The highest BCUT2D eigenvalue weighted by Crippen LogP contribution is 2.18. The third-order valence-electron chi connectivity index (χ3n) is 4.05. The van der Waals surface area contributed by atoms with Crippen LogP contribution in [-0.4, -0.2) is 49.6 Å². The minimum absolute atomic E-state index is 0.217. The molecule has 18 heavy (non-hydrogen) atoms. The molecule has 0 saturated heterocycles. The van der Waals surface area contributed by atoms with E-state index in [0.29, 0.717) is 18.5 Å². The number of carbonyl (C=O) groups is 1. The predicted molar refractivity (Wildman–Crippen MR) is 75.7 cm³/mol. The van der Waals surface area contributed by atoms with E-state index < -0.39 is 0 Å². The van der Waals surface area contributed by atoms with Crippen LogP contribution < -0.4 is 10.6 Å². The zero-order chi connectivity index (χ0) is 13.4. The molecule has 106 valence electrons. The van der Waals surface area contributed by atoms with Gasteiger partial charge in [-0.15, -0.1) is 0 Å². The van der Waals surface area contributed by atoms with E-state index in [9.17, 15) is 4.79 Å². The maximum absolute atomic E-state index is 11.8. The maximum atomic E-state index is 11.8. The van der Waals surface area contributed by atoms with Crippen molar-refractivity contribution >= 4 is 5.91 Å². The third kappa shape index (κ3) is 5.36. The quantitative estimate of drug-likeness (QED) is 0.722. The molecule has 1 saturated carbocycles. The van der Waals surface area contributed by atoms with E-state index in [1.807, 2.05) is 7.05 Å². The van der Waals surface area contributed by atoms with Crippen molar-refractivity contribution < 1.29 is 4.79 Å². The summed E-state index contributed by atoms with van der Waals surface area (Å²) in [7, 11) is 2.02. The molecule has 2 N–H and O–H groups in total. The van der Waals surface area contributed by atoms with E-state index in [0.717, 1.165) is 32.5 Å². The van der Waals surface area contributed by atoms with Gasteiger partial charge in [0.1, 0.15) is 0 Å². The Hall–Kier alpha value is -0.610. The first-order valence-electron chi connectivity index (χ1n) is 7.38. The molecule has 0 radical (unpaired) electrons. The molecule has 4 heteroatoms. The molecule has 0 spiro atoms. The van der Waals surface area contributed by atoms with Crippen LogP contribution in [0.15, 0.2) is 0 Å². The van der Waals surface area contributed by atoms with Crippen molar-refractivity contribution in [1.29, 1.82) is 0 Å². The van der Waals surface area contributed by atoms with Crippen molar-refractivity contribution in [2.24, 2.45) is 0 Å². The summed E-state index contributed by atoms with van der Waals surface area (Å²) in [5, 5.41) is 6.49. The normalized spacial score (nSPS) is 24.2. The monoisotopic (exact) mass is 255 g/mol. The molecule has 0 aromatic rings. The van der Waals surface area contributed by atoms with Gasteiger partial charge in [0, 0.05) is 25.0 Å². The Morgan fingerprint density at radius 2 is 1.67 bits per heavy atom. The van der Waals surface area contributed by atoms with Gasteiger partial charge in [-0.1, -0.05) is 13.8 Å². The van der Waals surface area contributed by atoms with Crippen LogP contribution >= 0.6 is 0 Å². The smallest absolute Gasteiger partial charge is 0.221 e. The molecule has 1 aliphatic carbocycles. The van der Waals surface area contributed by atoms with Gasteiger partial charge in [-0.2, -0.15) is 0 Å². The average molecular weight is 255 g/mol. The molecule has 0 heterocycles. The third-order valence-corrected chi connectivity index (χ3v) is 4.05. The van der Waals surface area contributed by atoms with Gasteiger partial charge in [-0.25, -0.2) is 0 Å². The number of amides is 1. The van der Waals surface area contributed by atoms with Gasteiger partial charge >= 0.3 is 0 Å². The van der Waals surface area contributed by atoms with Gasteiger partial charge in [0.05, 0.1) is 0 Å². The lowest BCUT2D eigenvalue weighted by Gasteiger charge is -2.29. The Labute approximate surface area is 111 Å². The van der Waals surface area contributed by atoms with Crippen LogP contribution in [0.5, 0.6) is 0 Å². The van der Waals surface area contributed by atoms with Gasteiger partial charge in [0.2, 0.25) is 5.91 Å². The van der Waals surface area contributed by atoms with Gasteiger partial charge in [-0.05, 0) is 45.8 Å². The molecule has 1 rings (SSSR count). The van der Waals surface area contributed by atoms with Gasteiger partial charge in [-0.3, -0.25) is 4.79 Å². The molecule has 1 amide bonds. The molecule has 0 unspecified atom stereocenters. The summed E-state index contributed by atoms with van der Waals surface area (Å²) in [6.07, 6.45) is 5.22. The second-order valence-corrected chi connectivity index (χ2v) is 5.18. The first-order chi connectivity index (χ1) is 8.69. The lowest BCUT2D eigenvalue weighted by molar-refractivity contribution is -0.122. The van der Waals surface area contributed by atoms with Crippen LogP contribution in [0.25, 0.3) is 0 Å². The average Bonchev–Trinajstić information content (AvgIpc) is 2.41. The van der Waals surface area contributed by atoms with Crippen LogP contribution in [-0.2, 0) is 4.79 Å². The zero-order valence-corrected chi connectivity index (χ0v) is 12.2. The van der Waals surface area contributed by atoms with Crippen molar-refractivity contribution in [3.8, 4) is 0 Å². The summed E-state index contributed by atoms with van der Waals surface area (Å²) in [4.78, 5) is 14.1. The summed E-state index contributed by atoms with van der Waals surface area (Å²) >= 11 is 0. The van der Waals surface area contributed by atoms with E-state index in [4.69, 9.17) is 0 Å². The molecule has 0 atom stereocenters. The number of rotatable bonds is 7. The van der Waals surface area contributed by atoms with E-state index in [1.54, 1.807) is 0 Å². The molecule has 1 fully saturated rings. The summed E-state index contributed by atoms with van der Waals surface area (Å²) < 4.78 is 0. The molecule has 0 aliphatic heterocycles. The second kappa shape index (κ2) is 8.48. The van der Waals surface area contributed by atoms with Gasteiger partial charge in [0.15, 0.2) is 0 Å². The molecular weight excluding hydrogens is 226 g/mol. The standard InChI is InChI=1S/C14H29N3O/c1-4-17(5-2)11-10-14(18)16-13-8-6-12(15-3)7-9-13/h12-13,15H,4-11H2,1-3H3,(H,16,18). The number of hydrogen-bond acceptors (Lipinski definition) is 3. The lowest BCUT2D eigenvalue weighted by Crippen LogP contribution is -2.42. The molecule has 4 nitrogen and oxygen atoms in total. The summed E-state index contributed by atoms with van der Waals surface area (Å²) in [6.45, 7) is 7.21.